The number of phenols is 1. The topological polar surface area (TPSA) is 101 Å². The highest BCUT2D eigenvalue weighted by atomic mass is 32.2. The number of hydrogen-bond acceptors (Lipinski definition) is 6. The minimum atomic E-state index is -0.985. The van der Waals surface area contributed by atoms with Gasteiger partial charge in [-0.3, -0.25) is 14.4 Å². The lowest BCUT2D eigenvalue weighted by molar-refractivity contribution is -0.136. The van der Waals surface area contributed by atoms with Gasteiger partial charge in [0.1, 0.15) is 17.6 Å². The molecule has 0 bridgehead atoms. The van der Waals surface area contributed by atoms with Crippen molar-refractivity contribution in [2.75, 3.05) is 5.75 Å². The molecule has 0 saturated carbocycles. The number of hydrogen-bond donors (Lipinski definition) is 2. The Balaban J connectivity index is 1.68. The van der Waals surface area contributed by atoms with Crippen LogP contribution in [-0.2, 0) is 4.79 Å². The fraction of sp³-hybridized carbons (Fsp3) is 0.375. The number of Topliss-reactive ketones (excluding diaryl/α,β-unsaturated/α-hetero) is 2. The van der Waals surface area contributed by atoms with Crippen molar-refractivity contribution in [1.29, 1.82) is 0 Å². The van der Waals surface area contributed by atoms with Crippen molar-refractivity contribution < 1.29 is 29.3 Å². The first-order valence-electron chi connectivity index (χ1n) is 10.3. The van der Waals surface area contributed by atoms with Crippen LogP contribution in [0, 0.1) is 0 Å². The summed E-state index contributed by atoms with van der Waals surface area (Å²) in [7, 11) is 0. The van der Waals surface area contributed by atoms with Gasteiger partial charge in [0.2, 0.25) is 0 Å². The average molecular weight is 443 g/mol. The quantitative estimate of drug-likeness (QED) is 0.391. The van der Waals surface area contributed by atoms with E-state index in [4.69, 9.17) is 9.84 Å². The van der Waals surface area contributed by atoms with E-state index in [1.807, 2.05) is 12.1 Å². The van der Waals surface area contributed by atoms with Gasteiger partial charge in [-0.2, -0.15) is 0 Å². The lowest BCUT2D eigenvalue weighted by Crippen LogP contribution is -2.21. The fourth-order valence-electron chi connectivity index (χ4n) is 3.84. The predicted octanol–water partition coefficient (Wildman–Crippen LogP) is 5.08. The van der Waals surface area contributed by atoms with E-state index in [9.17, 15) is 19.5 Å². The fourth-order valence-corrected chi connectivity index (χ4v) is 4.82. The summed E-state index contributed by atoms with van der Waals surface area (Å²) in [5.74, 6) is -0.0314. The summed E-state index contributed by atoms with van der Waals surface area (Å²) >= 11 is 1.59. The van der Waals surface area contributed by atoms with Gasteiger partial charge in [-0.15, -0.1) is 11.8 Å². The number of aliphatic carboxylic acids is 1. The molecule has 3 rings (SSSR count). The second-order valence-corrected chi connectivity index (χ2v) is 8.73. The molecule has 0 amide bonds. The molecular formula is C24H26O6S. The first-order valence-corrected chi connectivity index (χ1v) is 11.3. The number of ketones is 2. The summed E-state index contributed by atoms with van der Waals surface area (Å²) in [5.41, 5.74) is 1.54. The number of benzene rings is 2. The highest BCUT2D eigenvalue weighted by Gasteiger charge is 2.37. The van der Waals surface area contributed by atoms with Gasteiger partial charge < -0.3 is 14.9 Å². The lowest BCUT2D eigenvalue weighted by Gasteiger charge is -2.19. The van der Waals surface area contributed by atoms with Gasteiger partial charge in [-0.05, 0) is 37.6 Å². The van der Waals surface area contributed by atoms with Crippen LogP contribution in [0.15, 0.2) is 41.3 Å². The Labute approximate surface area is 185 Å². The normalized spacial score (nSPS) is 17.1. The van der Waals surface area contributed by atoms with E-state index in [1.54, 1.807) is 36.0 Å². The van der Waals surface area contributed by atoms with Gasteiger partial charge in [0.25, 0.3) is 0 Å². The molecule has 1 aliphatic heterocycles. The smallest absolute Gasteiger partial charge is 0.303 e. The van der Waals surface area contributed by atoms with Crippen molar-refractivity contribution in [3.05, 3.63) is 53.1 Å². The second-order valence-electron chi connectivity index (χ2n) is 7.63. The van der Waals surface area contributed by atoms with Gasteiger partial charge in [0.15, 0.2) is 11.6 Å². The summed E-state index contributed by atoms with van der Waals surface area (Å²) in [4.78, 5) is 35.5. The molecule has 0 aliphatic carbocycles. The summed E-state index contributed by atoms with van der Waals surface area (Å²) in [6.45, 7) is 3.52. The number of carbonyl (C=O) groups excluding carboxylic acids is 2. The molecule has 0 saturated heterocycles. The highest BCUT2D eigenvalue weighted by molar-refractivity contribution is 7.99. The molecule has 1 aliphatic rings. The maximum Gasteiger partial charge on any atom is 0.303 e. The first-order chi connectivity index (χ1) is 14.8. The number of fused-ring (bicyclic) bond motifs is 1. The molecule has 6 nitrogen and oxygen atoms in total. The molecule has 2 aromatic rings. The molecule has 7 heteroatoms. The van der Waals surface area contributed by atoms with Crippen LogP contribution in [0.25, 0.3) is 0 Å². The average Bonchev–Trinajstić information content (AvgIpc) is 3.09. The summed E-state index contributed by atoms with van der Waals surface area (Å²) < 4.78 is 6.12. The van der Waals surface area contributed by atoms with Crippen molar-refractivity contribution in [3.8, 4) is 11.5 Å². The van der Waals surface area contributed by atoms with Gasteiger partial charge in [0, 0.05) is 34.1 Å². The molecule has 2 N–H and O–H groups in total. The van der Waals surface area contributed by atoms with Crippen LogP contribution in [0.1, 0.15) is 71.7 Å². The monoisotopic (exact) mass is 442 g/mol. The van der Waals surface area contributed by atoms with Crippen LogP contribution in [-0.4, -0.2) is 39.6 Å². The number of phenolic OH excluding ortho intramolecular Hbond substituents is 1. The minimum absolute atomic E-state index is 0.00340. The van der Waals surface area contributed by atoms with Crippen molar-refractivity contribution in [2.24, 2.45) is 0 Å². The van der Waals surface area contributed by atoms with E-state index in [-0.39, 0.29) is 42.2 Å². The predicted molar refractivity (Wildman–Crippen MR) is 119 cm³/mol. The van der Waals surface area contributed by atoms with E-state index in [2.05, 4.69) is 6.92 Å². The molecule has 2 unspecified atom stereocenters. The SMILES string of the molecule is CCCC1c2c(ccc(C(C)=O)c2O)OC1CSc1ccc(C(=O)CCC(=O)O)cc1. The van der Waals surface area contributed by atoms with Crippen LogP contribution in [0.4, 0.5) is 0 Å². The third kappa shape index (κ3) is 5.28. The number of rotatable bonds is 10. The molecule has 0 spiro atoms. The maximum absolute atomic E-state index is 12.0. The molecule has 1 heterocycles. The number of carboxylic acid groups (broad SMARTS) is 1. The van der Waals surface area contributed by atoms with E-state index in [1.165, 1.54) is 6.92 Å². The van der Waals surface area contributed by atoms with Crippen LogP contribution < -0.4 is 4.74 Å². The number of thioether (sulfide) groups is 1. The van der Waals surface area contributed by atoms with Gasteiger partial charge in [-0.1, -0.05) is 25.5 Å². The zero-order valence-corrected chi connectivity index (χ0v) is 18.4. The number of aromatic hydroxyl groups is 1. The van der Waals surface area contributed by atoms with Crippen molar-refractivity contribution >= 4 is 29.3 Å². The number of ether oxygens (including phenoxy) is 1. The Kier molecular flexibility index (Phi) is 7.38. The maximum atomic E-state index is 12.0. The summed E-state index contributed by atoms with van der Waals surface area (Å²) in [6.07, 6.45) is 1.44. The van der Waals surface area contributed by atoms with Crippen LogP contribution in [0.2, 0.25) is 0 Å². The third-order valence-electron chi connectivity index (χ3n) is 5.41. The molecule has 164 valence electrons. The molecule has 0 fully saturated rings. The lowest BCUT2D eigenvalue weighted by atomic mass is 9.89. The van der Waals surface area contributed by atoms with E-state index in [0.29, 0.717) is 22.6 Å². The Morgan fingerprint density at radius 1 is 1.06 bits per heavy atom. The largest absolute Gasteiger partial charge is 0.507 e. The first kappa shape index (κ1) is 22.9. The van der Waals surface area contributed by atoms with Crippen LogP contribution >= 0.6 is 11.8 Å². The minimum Gasteiger partial charge on any atom is -0.507 e. The Morgan fingerprint density at radius 2 is 1.77 bits per heavy atom. The van der Waals surface area contributed by atoms with Crippen LogP contribution in [0.5, 0.6) is 11.5 Å². The highest BCUT2D eigenvalue weighted by Crippen LogP contribution is 2.48. The standard InChI is InChI=1S/C24H26O6S/c1-3-4-18-21(30-20-11-9-17(14(2)25)24(29)23(18)20)13-31-16-7-5-15(6-8-16)19(26)10-12-22(27)28/h5-9,11,18,21,29H,3-4,10,12-13H2,1-2H3,(H,27,28). The Bertz CT molecular complexity index is 982. The Hall–Kier alpha value is -2.80. The molecule has 31 heavy (non-hydrogen) atoms. The van der Waals surface area contributed by atoms with Crippen LogP contribution in [0.3, 0.4) is 0 Å². The van der Waals surface area contributed by atoms with E-state index >= 15 is 0 Å². The van der Waals surface area contributed by atoms with Gasteiger partial charge in [0.05, 0.1) is 12.0 Å². The molecule has 0 aromatic heterocycles. The zero-order valence-electron chi connectivity index (χ0n) is 17.6. The van der Waals surface area contributed by atoms with Gasteiger partial charge >= 0.3 is 5.97 Å². The zero-order chi connectivity index (χ0) is 22.5. The number of carbonyl (C=O) groups is 3. The summed E-state index contributed by atoms with van der Waals surface area (Å²) in [6, 6.07) is 10.5. The van der Waals surface area contributed by atoms with Crippen molar-refractivity contribution in [3.63, 3.8) is 0 Å². The summed E-state index contributed by atoms with van der Waals surface area (Å²) in [5, 5.41) is 19.4. The third-order valence-corrected chi connectivity index (χ3v) is 6.51. The Morgan fingerprint density at radius 3 is 2.39 bits per heavy atom. The van der Waals surface area contributed by atoms with E-state index < -0.39 is 5.97 Å². The second kappa shape index (κ2) is 10.0. The molecule has 2 aromatic carbocycles. The van der Waals surface area contributed by atoms with E-state index in [0.717, 1.165) is 23.3 Å². The molecular weight excluding hydrogens is 416 g/mol. The number of carboxylic acids is 1. The van der Waals surface area contributed by atoms with Crippen molar-refractivity contribution in [1.82, 2.24) is 0 Å². The van der Waals surface area contributed by atoms with Crippen molar-refractivity contribution in [2.45, 2.75) is 56.4 Å². The van der Waals surface area contributed by atoms with Gasteiger partial charge in [-0.25, -0.2) is 0 Å². The molecule has 2 atom stereocenters. The molecule has 0 radical (unpaired) electrons.